The molecule has 0 aliphatic rings. The quantitative estimate of drug-likeness (QED) is 0.589. The number of nitriles is 1. The molecule has 1 N–H and O–H groups in total. The maximum absolute atomic E-state index is 12.0. The highest BCUT2D eigenvalue weighted by Gasteiger charge is 2.20. The van der Waals surface area contributed by atoms with E-state index in [0.717, 1.165) is 4.88 Å². The van der Waals surface area contributed by atoms with E-state index in [-0.39, 0.29) is 18.6 Å². The van der Waals surface area contributed by atoms with Crippen molar-refractivity contribution < 1.29 is 19.1 Å². The Morgan fingerprint density at radius 3 is 2.68 bits per heavy atom. The van der Waals surface area contributed by atoms with Crippen molar-refractivity contribution in [1.29, 1.82) is 5.26 Å². The summed E-state index contributed by atoms with van der Waals surface area (Å²) in [6.45, 7) is 3.35. The van der Waals surface area contributed by atoms with Crippen LogP contribution in [-0.4, -0.2) is 23.8 Å². The van der Waals surface area contributed by atoms with Crippen LogP contribution in [-0.2, 0) is 14.3 Å². The number of nitrogens with zero attached hydrogens (tertiary/aromatic N) is 1. The first-order chi connectivity index (χ1) is 11.9. The average Bonchev–Trinajstić information content (AvgIpc) is 3.21. The topological polar surface area (TPSA) is 96.3 Å². The number of anilines is 1. The Hall–Kier alpha value is -2.50. The molecule has 25 heavy (non-hydrogen) atoms. The molecule has 0 fully saturated rings. The Morgan fingerprint density at radius 2 is 2.04 bits per heavy atom. The summed E-state index contributed by atoms with van der Waals surface area (Å²) >= 11 is 2.59. The fourth-order valence-electron chi connectivity index (χ4n) is 1.94. The number of ketones is 1. The van der Waals surface area contributed by atoms with E-state index in [1.165, 1.54) is 29.6 Å². The molecular formula is C17H16N2O4S2. The molecule has 0 saturated carbocycles. The second-order valence-electron chi connectivity index (χ2n) is 5.23. The summed E-state index contributed by atoms with van der Waals surface area (Å²) in [4.78, 5) is 37.4. The number of aryl methyl sites for hydroxylation is 1. The second-order valence-corrected chi connectivity index (χ2v) is 7.43. The van der Waals surface area contributed by atoms with Crippen molar-refractivity contribution in [3.8, 4) is 6.07 Å². The number of carbonyl (C=O) groups excluding carboxylic acids is 3. The van der Waals surface area contributed by atoms with Gasteiger partial charge in [0.1, 0.15) is 11.1 Å². The van der Waals surface area contributed by atoms with Crippen molar-refractivity contribution in [3.05, 3.63) is 38.9 Å². The zero-order chi connectivity index (χ0) is 18.4. The molecule has 6 nitrogen and oxygen atoms in total. The van der Waals surface area contributed by atoms with E-state index in [1.54, 1.807) is 17.5 Å². The van der Waals surface area contributed by atoms with Crippen molar-refractivity contribution in [2.75, 3.05) is 5.32 Å². The Balaban J connectivity index is 1.80. The lowest BCUT2D eigenvalue weighted by atomic mass is 10.2. The number of hydrogen-bond acceptors (Lipinski definition) is 7. The third kappa shape index (κ3) is 5.24. The molecule has 0 spiro atoms. The Kier molecular flexibility index (Phi) is 6.44. The number of Topliss-reactive ketones (excluding diaryl/α,β-unsaturated/α-hetero) is 1. The van der Waals surface area contributed by atoms with Crippen molar-refractivity contribution in [1.82, 2.24) is 0 Å². The molecule has 0 saturated heterocycles. The molecule has 130 valence electrons. The lowest BCUT2D eigenvalue weighted by Gasteiger charge is -2.12. The van der Waals surface area contributed by atoms with E-state index in [9.17, 15) is 14.4 Å². The van der Waals surface area contributed by atoms with Gasteiger partial charge in [0.05, 0.1) is 16.9 Å². The Morgan fingerprint density at radius 1 is 1.28 bits per heavy atom. The molecule has 1 atom stereocenters. The zero-order valence-corrected chi connectivity index (χ0v) is 15.3. The van der Waals surface area contributed by atoms with Gasteiger partial charge in [0.2, 0.25) is 0 Å². The number of thiophene rings is 2. The van der Waals surface area contributed by atoms with Crippen LogP contribution in [0.3, 0.4) is 0 Å². The van der Waals surface area contributed by atoms with Crippen LogP contribution in [0, 0.1) is 18.3 Å². The third-order valence-electron chi connectivity index (χ3n) is 3.27. The van der Waals surface area contributed by atoms with E-state index in [0.29, 0.717) is 15.4 Å². The lowest BCUT2D eigenvalue weighted by molar-refractivity contribution is -0.153. The molecule has 0 aliphatic carbocycles. The molecule has 2 heterocycles. The fraction of sp³-hybridized carbons (Fsp3) is 0.294. The normalized spacial score (nSPS) is 11.4. The standard InChI is InChI=1S/C17H16N2O4S2/c1-10-3-5-14(25-10)13(20)4-6-15(21)23-11(2)16(22)19-17-12(9-18)7-8-24-17/h3,5,7-8,11H,4,6H2,1-2H3,(H,19,22)/t11-/m0/s1. The number of amides is 1. The predicted octanol–water partition coefficient (Wildman–Crippen LogP) is 3.52. The summed E-state index contributed by atoms with van der Waals surface area (Å²) in [5.74, 6) is -1.26. The Labute approximate surface area is 153 Å². The highest BCUT2D eigenvalue weighted by molar-refractivity contribution is 7.14. The van der Waals surface area contributed by atoms with E-state index < -0.39 is 18.0 Å². The fourth-order valence-corrected chi connectivity index (χ4v) is 3.52. The van der Waals surface area contributed by atoms with Crippen LogP contribution in [0.1, 0.15) is 39.9 Å². The molecule has 8 heteroatoms. The van der Waals surface area contributed by atoms with Gasteiger partial charge in [-0.2, -0.15) is 5.26 Å². The highest BCUT2D eigenvalue weighted by atomic mass is 32.1. The van der Waals surface area contributed by atoms with Crippen LogP contribution in [0.25, 0.3) is 0 Å². The summed E-state index contributed by atoms with van der Waals surface area (Å²) in [6.07, 6.45) is -1.06. The minimum atomic E-state index is -1.01. The van der Waals surface area contributed by atoms with E-state index in [2.05, 4.69) is 5.32 Å². The minimum absolute atomic E-state index is 0.0383. The zero-order valence-electron chi connectivity index (χ0n) is 13.7. The Bertz CT molecular complexity index is 832. The van der Waals surface area contributed by atoms with Gasteiger partial charge in [0, 0.05) is 11.3 Å². The van der Waals surface area contributed by atoms with Crippen LogP contribution in [0.4, 0.5) is 5.00 Å². The van der Waals surface area contributed by atoms with Gasteiger partial charge < -0.3 is 10.1 Å². The summed E-state index contributed by atoms with van der Waals surface area (Å²) < 4.78 is 5.05. The average molecular weight is 376 g/mol. The molecule has 2 rings (SSSR count). The number of hydrogen-bond donors (Lipinski definition) is 1. The van der Waals surface area contributed by atoms with Gasteiger partial charge in [0.15, 0.2) is 11.9 Å². The summed E-state index contributed by atoms with van der Waals surface area (Å²) in [5.41, 5.74) is 0.355. The first-order valence-corrected chi connectivity index (χ1v) is 9.18. The minimum Gasteiger partial charge on any atom is -0.453 e. The molecular weight excluding hydrogens is 360 g/mol. The van der Waals surface area contributed by atoms with Crippen LogP contribution in [0.2, 0.25) is 0 Å². The lowest BCUT2D eigenvalue weighted by Crippen LogP contribution is -2.30. The van der Waals surface area contributed by atoms with Crippen LogP contribution < -0.4 is 5.32 Å². The maximum atomic E-state index is 12.0. The number of ether oxygens (including phenoxy) is 1. The SMILES string of the molecule is Cc1ccc(C(=O)CCC(=O)O[C@@H](C)C(=O)Nc2sccc2C#N)s1. The van der Waals surface area contributed by atoms with Gasteiger partial charge in [-0.15, -0.1) is 22.7 Å². The molecule has 0 radical (unpaired) electrons. The maximum Gasteiger partial charge on any atom is 0.307 e. The molecule has 0 unspecified atom stereocenters. The van der Waals surface area contributed by atoms with Gasteiger partial charge in [0.25, 0.3) is 5.91 Å². The van der Waals surface area contributed by atoms with Crippen molar-refractivity contribution in [3.63, 3.8) is 0 Å². The first-order valence-electron chi connectivity index (χ1n) is 7.48. The van der Waals surface area contributed by atoms with Crippen LogP contribution >= 0.6 is 22.7 Å². The molecule has 2 aromatic rings. The van der Waals surface area contributed by atoms with Crippen LogP contribution in [0.15, 0.2) is 23.6 Å². The van der Waals surface area contributed by atoms with E-state index in [1.807, 2.05) is 19.1 Å². The third-order valence-corrected chi connectivity index (χ3v) is 5.14. The van der Waals surface area contributed by atoms with Gasteiger partial charge in [-0.3, -0.25) is 14.4 Å². The van der Waals surface area contributed by atoms with Gasteiger partial charge in [-0.25, -0.2) is 0 Å². The predicted molar refractivity (Wildman–Crippen MR) is 95.8 cm³/mol. The number of nitrogens with one attached hydrogen (secondary N) is 1. The number of esters is 1. The van der Waals surface area contributed by atoms with Crippen LogP contribution in [0.5, 0.6) is 0 Å². The van der Waals surface area contributed by atoms with Gasteiger partial charge in [-0.05, 0) is 37.4 Å². The van der Waals surface area contributed by atoms with Crippen molar-refractivity contribution in [2.24, 2.45) is 0 Å². The summed E-state index contributed by atoms with van der Waals surface area (Å²) in [5, 5.41) is 13.6. The van der Waals surface area contributed by atoms with Gasteiger partial charge in [-0.1, -0.05) is 0 Å². The van der Waals surface area contributed by atoms with E-state index in [4.69, 9.17) is 10.00 Å². The smallest absolute Gasteiger partial charge is 0.307 e. The van der Waals surface area contributed by atoms with E-state index >= 15 is 0 Å². The first kappa shape index (κ1) is 18.8. The monoisotopic (exact) mass is 376 g/mol. The number of rotatable bonds is 7. The second kappa shape index (κ2) is 8.55. The largest absolute Gasteiger partial charge is 0.453 e. The molecule has 0 aromatic carbocycles. The van der Waals surface area contributed by atoms with Crippen molar-refractivity contribution >= 4 is 45.3 Å². The molecule has 0 bridgehead atoms. The molecule has 1 amide bonds. The van der Waals surface area contributed by atoms with Crippen molar-refractivity contribution in [2.45, 2.75) is 32.8 Å². The molecule has 0 aliphatic heterocycles. The summed E-state index contributed by atoms with van der Waals surface area (Å²) in [6, 6.07) is 7.14. The number of carbonyl (C=O) groups is 3. The molecule has 2 aromatic heterocycles. The van der Waals surface area contributed by atoms with Gasteiger partial charge >= 0.3 is 5.97 Å². The summed E-state index contributed by atoms with van der Waals surface area (Å²) in [7, 11) is 0. The highest BCUT2D eigenvalue weighted by Crippen LogP contribution is 2.22.